The Morgan fingerprint density at radius 1 is 1.27 bits per heavy atom. The number of hydrogen-bond donors (Lipinski definition) is 0. The lowest BCUT2D eigenvalue weighted by Gasteiger charge is -2.33. The number of carbonyl (C=O) groups excluding carboxylic acids is 1. The lowest BCUT2D eigenvalue weighted by molar-refractivity contribution is -0.0404. The van der Waals surface area contributed by atoms with Gasteiger partial charge in [0, 0.05) is 6.54 Å². The van der Waals surface area contributed by atoms with Gasteiger partial charge in [-0.3, -0.25) is 4.79 Å². The average molecular weight is 380 g/mol. The minimum atomic E-state index is -0.629. The van der Waals surface area contributed by atoms with Crippen LogP contribution < -0.4 is 9.47 Å². The first kappa shape index (κ1) is 18.5. The molecule has 1 heterocycles. The second-order valence-corrected chi connectivity index (χ2v) is 6.21. The van der Waals surface area contributed by atoms with Gasteiger partial charge in [0.15, 0.2) is 11.5 Å². The van der Waals surface area contributed by atoms with Crippen LogP contribution in [-0.4, -0.2) is 50.3 Å². The van der Waals surface area contributed by atoms with Crippen LogP contribution in [0.3, 0.4) is 0 Å². The van der Waals surface area contributed by atoms with Crippen LogP contribution in [0.4, 0.5) is 4.39 Å². The van der Waals surface area contributed by atoms with Crippen LogP contribution in [0.25, 0.3) is 0 Å². The Hall–Kier alpha value is -2.31. The van der Waals surface area contributed by atoms with Crippen molar-refractivity contribution in [3.05, 3.63) is 58.9 Å². The van der Waals surface area contributed by atoms with E-state index in [1.165, 1.54) is 23.1 Å². The predicted octanol–water partition coefficient (Wildman–Crippen LogP) is 3.41. The molecular weight excluding hydrogens is 361 g/mol. The fourth-order valence-corrected chi connectivity index (χ4v) is 3.03. The summed E-state index contributed by atoms with van der Waals surface area (Å²) in [4.78, 5) is 14.2. The minimum Gasteiger partial charge on any atom is -0.493 e. The van der Waals surface area contributed by atoms with E-state index in [-0.39, 0.29) is 23.3 Å². The van der Waals surface area contributed by atoms with Crippen molar-refractivity contribution >= 4 is 17.5 Å². The smallest absolute Gasteiger partial charge is 0.258 e. The van der Waals surface area contributed by atoms with Gasteiger partial charge in [-0.15, -0.1) is 0 Å². The summed E-state index contributed by atoms with van der Waals surface area (Å²) in [6.07, 6.45) is -0.330. The lowest BCUT2D eigenvalue weighted by atomic mass is 10.1. The fourth-order valence-electron chi connectivity index (χ4n) is 2.79. The van der Waals surface area contributed by atoms with E-state index in [0.29, 0.717) is 31.2 Å². The van der Waals surface area contributed by atoms with Crippen LogP contribution in [-0.2, 0) is 4.74 Å². The third kappa shape index (κ3) is 4.08. The van der Waals surface area contributed by atoms with Crippen molar-refractivity contribution < 1.29 is 23.4 Å². The number of para-hydroxylation sites is 2. The Balaban J connectivity index is 1.65. The highest BCUT2D eigenvalue weighted by Gasteiger charge is 2.28. The van der Waals surface area contributed by atoms with Gasteiger partial charge < -0.3 is 19.1 Å². The highest BCUT2D eigenvalue weighted by molar-refractivity contribution is 6.33. The largest absolute Gasteiger partial charge is 0.493 e. The van der Waals surface area contributed by atoms with E-state index in [2.05, 4.69) is 0 Å². The molecule has 1 unspecified atom stereocenters. The van der Waals surface area contributed by atoms with E-state index in [9.17, 15) is 9.18 Å². The molecule has 0 N–H and O–H groups in total. The SMILES string of the molecule is COc1ccccc1OCC1CN(C(=O)c2c(F)cccc2Cl)CCO1. The molecule has 1 atom stereocenters. The first-order chi connectivity index (χ1) is 12.6. The number of methoxy groups -OCH3 is 1. The van der Waals surface area contributed by atoms with Gasteiger partial charge in [-0.2, -0.15) is 0 Å². The number of nitrogens with zero attached hydrogens (tertiary/aromatic N) is 1. The summed E-state index contributed by atoms with van der Waals surface area (Å²) in [6, 6.07) is 11.5. The van der Waals surface area contributed by atoms with Crippen LogP contribution in [0, 0.1) is 5.82 Å². The van der Waals surface area contributed by atoms with E-state index in [1.54, 1.807) is 19.2 Å². The summed E-state index contributed by atoms with van der Waals surface area (Å²) >= 11 is 6.00. The average Bonchev–Trinajstić information content (AvgIpc) is 2.66. The Morgan fingerprint density at radius 2 is 2.04 bits per heavy atom. The molecule has 1 fully saturated rings. The zero-order chi connectivity index (χ0) is 18.5. The molecule has 5 nitrogen and oxygen atoms in total. The first-order valence-corrected chi connectivity index (χ1v) is 8.58. The highest BCUT2D eigenvalue weighted by atomic mass is 35.5. The standard InChI is InChI=1S/C19H19ClFNO4/c1-24-16-7-2-3-8-17(16)26-12-13-11-22(9-10-25-13)19(23)18-14(20)5-4-6-15(18)21/h2-8,13H,9-12H2,1H3. The minimum absolute atomic E-state index is 0.100. The second-order valence-electron chi connectivity index (χ2n) is 5.80. The number of ether oxygens (including phenoxy) is 3. The molecule has 0 aromatic heterocycles. The van der Waals surface area contributed by atoms with Gasteiger partial charge in [-0.05, 0) is 24.3 Å². The van der Waals surface area contributed by atoms with Crippen LogP contribution >= 0.6 is 11.6 Å². The molecule has 0 bridgehead atoms. The Bertz CT molecular complexity index is 766. The normalized spacial score (nSPS) is 17.0. The quantitative estimate of drug-likeness (QED) is 0.798. The molecule has 3 rings (SSSR count). The van der Waals surface area contributed by atoms with Crippen molar-refractivity contribution in [2.75, 3.05) is 33.4 Å². The summed E-state index contributed by atoms with van der Waals surface area (Å²) in [5, 5.41) is 0.100. The summed E-state index contributed by atoms with van der Waals surface area (Å²) in [6.45, 7) is 1.25. The van der Waals surface area contributed by atoms with Crippen molar-refractivity contribution in [1.29, 1.82) is 0 Å². The number of hydrogen-bond acceptors (Lipinski definition) is 4. The predicted molar refractivity (Wildman–Crippen MR) is 95.5 cm³/mol. The van der Waals surface area contributed by atoms with E-state index in [1.807, 2.05) is 12.1 Å². The third-order valence-corrected chi connectivity index (χ3v) is 4.41. The zero-order valence-electron chi connectivity index (χ0n) is 14.3. The number of amides is 1. The molecule has 1 aliphatic heterocycles. The van der Waals surface area contributed by atoms with Gasteiger partial charge in [0.2, 0.25) is 0 Å². The third-order valence-electron chi connectivity index (χ3n) is 4.10. The number of halogens is 2. The van der Waals surface area contributed by atoms with E-state index in [4.69, 9.17) is 25.8 Å². The molecule has 138 valence electrons. The van der Waals surface area contributed by atoms with Crippen molar-refractivity contribution in [2.45, 2.75) is 6.10 Å². The highest BCUT2D eigenvalue weighted by Crippen LogP contribution is 2.26. The molecule has 0 aliphatic carbocycles. The Morgan fingerprint density at radius 3 is 2.77 bits per heavy atom. The number of carbonyl (C=O) groups is 1. The molecule has 2 aromatic rings. The maximum atomic E-state index is 14.0. The molecule has 0 radical (unpaired) electrons. The molecule has 1 saturated heterocycles. The topological polar surface area (TPSA) is 48.0 Å². The molecule has 0 spiro atoms. The summed E-state index contributed by atoms with van der Waals surface area (Å²) < 4.78 is 30.7. The van der Waals surface area contributed by atoms with Gasteiger partial charge in [-0.1, -0.05) is 29.8 Å². The first-order valence-electron chi connectivity index (χ1n) is 8.21. The Kier molecular flexibility index (Phi) is 5.96. The zero-order valence-corrected chi connectivity index (χ0v) is 15.0. The molecule has 7 heteroatoms. The second kappa shape index (κ2) is 8.38. The molecule has 2 aromatic carbocycles. The summed E-state index contributed by atoms with van der Waals surface area (Å²) in [7, 11) is 1.57. The molecule has 1 amide bonds. The van der Waals surface area contributed by atoms with Gasteiger partial charge >= 0.3 is 0 Å². The maximum Gasteiger partial charge on any atom is 0.258 e. The van der Waals surface area contributed by atoms with E-state index in [0.717, 1.165) is 0 Å². The maximum absolute atomic E-state index is 14.0. The van der Waals surface area contributed by atoms with E-state index >= 15 is 0 Å². The van der Waals surface area contributed by atoms with Crippen LogP contribution in [0.2, 0.25) is 5.02 Å². The lowest BCUT2D eigenvalue weighted by Crippen LogP contribution is -2.47. The number of morpholine rings is 1. The molecule has 26 heavy (non-hydrogen) atoms. The van der Waals surface area contributed by atoms with Crippen molar-refractivity contribution in [2.24, 2.45) is 0 Å². The van der Waals surface area contributed by atoms with Crippen LogP contribution in [0.5, 0.6) is 11.5 Å². The van der Waals surface area contributed by atoms with E-state index < -0.39 is 11.7 Å². The van der Waals surface area contributed by atoms with Crippen LogP contribution in [0.1, 0.15) is 10.4 Å². The number of benzene rings is 2. The van der Waals surface area contributed by atoms with Gasteiger partial charge in [0.05, 0.1) is 30.8 Å². The fraction of sp³-hybridized carbons (Fsp3) is 0.316. The number of rotatable bonds is 5. The van der Waals surface area contributed by atoms with Gasteiger partial charge in [0.25, 0.3) is 5.91 Å². The summed E-state index contributed by atoms with van der Waals surface area (Å²) in [5.41, 5.74) is -0.111. The van der Waals surface area contributed by atoms with Gasteiger partial charge in [0.1, 0.15) is 18.5 Å². The molecular formula is C19H19ClFNO4. The molecule has 1 aliphatic rings. The monoisotopic (exact) mass is 379 g/mol. The van der Waals surface area contributed by atoms with Crippen molar-refractivity contribution in [1.82, 2.24) is 4.90 Å². The van der Waals surface area contributed by atoms with Gasteiger partial charge in [-0.25, -0.2) is 4.39 Å². The summed E-state index contributed by atoms with van der Waals surface area (Å²) in [5.74, 6) is 0.142. The Labute approximate surface area is 156 Å². The van der Waals surface area contributed by atoms with Crippen LogP contribution in [0.15, 0.2) is 42.5 Å². The van der Waals surface area contributed by atoms with Crippen molar-refractivity contribution in [3.63, 3.8) is 0 Å². The van der Waals surface area contributed by atoms with Crippen molar-refractivity contribution in [3.8, 4) is 11.5 Å². The molecule has 0 saturated carbocycles.